The van der Waals surface area contributed by atoms with E-state index < -0.39 is 0 Å². The van der Waals surface area contributed by atoms with Gasteiger partial charge in [-0.25, -0.2) is 9.07 Å². The molecule has 0 radical (unpaired) electrons. The maximum Gasteiger partial charge on any atom is 0.268 e. The molecule has 0 fully saturated rings. The number of hydrogen-bond donors (Lipinski definition) is 0. The number of carbonyl (C=O) groups is 1. The van der Waals surface area contributed by atoms with E-state index in [1.807, 2.05) is 44.2 Å². The second-order valence-corrected chi connectivity index (χ2v) is 8.13. The molecule has 2 aromatic carbocycles. The van der Waals surface area contributed by atoms with E-state index in [0.29, 0.717) is 17.2 Å². The lowest BCUT2D eigenvalue weighted by Crippen LogP contribution is -2.31. The van der Waals surface area contributed by atoms with Crippen LogP contribution in [0.4, 0.5) is 10.1 Å². The normalized spacial score (nSPS) is 10.8. The number of nitriles is 1. The van der Waals surface area contributed by atoms with E-state index in [-0.39, 0.29) is 24.7 Å². The van der Waals surface area contributed by atoms with Crippen molar-refractivity contribution in [2.45, 2.75) is 20.3 Å². The van der Waals surface area contributed by atoms with E-state index in [2.05, 4.69) is 11.2 Å². The van der Waals surface area contributed by atoms with Gasteiger partial charge in [0.2, 0.25) is 0 Å². The summed E-state index contributed by atoms with van der Waals surface area (Å²) in [5.74, 6) is 0.218. The molecule has 162 valence electrons. The molecular formula is C24H21FN4O2S. The van der Waals surface area contributed by atoms with Crippen LogP contribution in [0.25, 0.3) is 15.9 Å². The SMILES string of the molecule is CCOc1ccc(N(CCC#N)C(=O)c2cc3c(C)nn(-c4ccc(F)cc4)c3s2)cc1. The van der Waals surface area contributed by atoms with Gasteiger partial charge in [-0.1, -0.05) is 0 Å². The maximum absolute atomic E-state index is 13.4. The highest BCUT2D eigenvalue weighted by molar-refractivity contribution is 7.20. The van der Waals surface area contributed by atoms with Crippen molar-refractivity contribution < 1.29 is 13.9 Å². The summed E-state index contributed by atoms with van der Waals surface area (Å²) in [5.41, 5.74) is 2.20. The van der Waals surface area contributed by atoms with Gasteiger partial charge in [-0.05, 0) is 68.4 Å². The largest absolute Gasteiger partial charge is 0.494 e. The number of hydrogen-bond acceptors (Lipinski definition) is 5. The number of rotatable bonds is 7. The number of fused-ring (bicyclic) bond motifs is 1. The van der Waals surface area contributed by atoms with Crippen LogP contribution >= 0.6 is 11.3 Å². The lowest BCUT2D eigenvalue weighted by atomic mass is 10.2. The number of thiophene rings is 1. The molecule has 0 spiro atoms. The summed E-state index contributed by atoms with van der Waals surface area (Å²) in [7, 11) is 0. The van der Waals surface area contributed by atoms with E-state index in [1.165, 1.54) is 23.5 Å². The fourth-order valence-electron chi connectivity index (χ4n) is 3.44. The molecule has 0 unspecified atom stereocenters. The fraction of sp³-hybridized carbons (Fsp3) is 0.208. The van der Waals surface area contributed by atoms with Gasteiger partial charge in [-0.3, -0.25) is 4.79 Å². The number of carbonyl (C=O) groups excluding carboxylic acids is 1. The minimum atomic E-state index is -0.320. The number of anilines is 1. The first-order valence-electron chi connectivity index (χ1n) is 10.2. The molecule has 6 nitrogen and oxygen atoms in total. The third-order valence-corrected chi connectivity index (χ3v) is 6.08. The summed E-state index contributed by atoms with van der Waals surface area (Å²) in [6, 6.07) is 17.3. The van der Waals surface area contributed by atoms with Crippen molar-refractivity contribution in [2.24, 2.45) is 0 Å². The molecular weight excluding hydrogens is 427 g/mol. The van der Waals surface area contributed by atoms with Crippen LogP contribution in [-0.4, -0.2) is 28.8 Å². The summed E-state index contributed by atoms with van der Waals surface area (Å²) in [5, 5.41) is 14.5. The molecule has 1 amide bonds. The van der Waals surface area contributed by atoms with Crippen molar-refractivity contribution in [3.8, 4) is 17.5 Å². The van der Waals surface area contributed by atoms with Gasteiger partial charge in [-0.15, -0.1) is 11.3 Å². The van der Waals surface area contributed by atoms with Gasteiger partial charge >= 0.3 is 0 Å². The van der Waals surface area contributed by atoms with E-state index >= 15 is 0 Å². The average molecular weight is 449 g/mol. The second kappa shape index (κ2) is 9.20. The Morgan fingerprint density at radius 1 is 1.22 bits per heavy atom. The number of benzene rings is 2. The molecule has 4 aromatic rings. The quantitative estimate of drug-likeness (QED) is 0.375. The molecule has 4 rings (SSSR count). The third-order valence-electron chi connectivity index (χ3n) is 4.98. The number of halogens is 1. The highest BCUT2D eigenvalue weighted by Crippen LogP contribution is 2.32. The Hall–Kier alpha value is -3.70. The molecule has 0 atom stereocenters. The predicted octanol–water partition coefficient (Wildman–Crippen LogP) is 5.49. The number of aromatic nitrogens is 2. The molecule has 0 aliphatic heterocycles. The zero-order chi connectivity index (χ0) is 22.7. The topological polar surface area (TPSA) is 71.2 Å². The van der Waals surface area contributed by atoms with Gasteiger partial charge < -0.3 is 9.64 Å². The van der Waals surface area contributed by atoms with Crippen LogP contribution in [0.5, 0.6) is 5.75 Å². The van der Waals surface area contributed by atoms with Crippen molar-refractivity contribution in [2.75, 3.05) is 18.1 Å². The first-order chi connectivity index (χ1) is 15.5. The van der Waals surface area contributed by atoms with Gasteiger partial charge in [-0.2, -0.15) is 10.4 Å². The summed E-state index contributed by atoms with van der Waals surface area (Å²) < 4.78 is 20.6. The summed E-state index contributed by atoms with van der Waals surface area (Å²) in [4.78, 5) is 16.4. The number of amides is 1. The molecule has 0 aliphatic carbocycles. The van der Waals surface area contributed by atoms with Crippen LogP contribution in [0.1, 0.15) is 28.7 Å². The van der Waals surface area contributed by atoms with E-state index in [9.17, 15) is 9.18 Å². The standard InChI is InChI=1S/C24H21FN4O2S/c1-3-31-20-11-9-18(10-12-20)28(14-4-13-26)23(30)22-15-21-16(2)27-29(24(21)32-22)19-7-5-17(25)6-8-19/h5-12,15H,3-4,14H2,1-2H3. The van der Waals surface area contributed by atoms with E-state index in [4.69, 9.17) is 10.00 Å². The molecule has 8 heteroatoms. The first-order valence-corrected chi connectivity index (χ1v) is 11.0. The van der Waals surface area contributed by atoms with Crippen molar-refractivity contribution >= 4 is 33.1 Å². The molecule has 0 aliphatic rings. The van der Waals surface area contributed by atoms with Crippen molar-refractivity contribution in [3.05, 3.63) is 71.0 Å². The molecule has 0 N–H and O–H groups in total. The Labute approximate surface area is 189 Å². The number of nitrogens with zero attached hydrogens (tertiary/aromatic N) is 4. The van der Waals surface area contributed by atoms with Gasteiger partial charge in [0.15, 0.2) is 0 Å². The highest BCUT2D eigenvalue weighted by Gasteiger charge is 2.23. The Kier molecular flexibility index (Phi) is 6.19. The number of aryl methyl sites for hydroxylation is 1. The molecule has 32 heavy (non-hydrogen) atoms. The smallest absolute Gasteiger partial charge is 0.268 e. The van der Waals surface area contributed by atoms with Gasteiger partial charge in [0, 0.05) is 17.6 Å². The minimum Gasteiger partial charge on any atom is -0.494 e. The fourth-order valence-corrected chi connectivity index (χ4v) is 4.57. The Bertz CT molecular complexity index is 1290. The van der Waals surface area contributed by atoms with Crippen LogP contribution in [0.3, 0.4) is 0 Å². The van der Waals surface area contributed by atoms with E-state index in [1.54, 1.807) is 21.7 Å². The highest BCUT2D eigenvalue weighted by atomic mass is 32.1. The zero-order valence-corrected chi connectivity index (χ0v) is 18.5. The summed E-state index contributed by atoms with van der Waals surface area (Å²) in [6.07, 6.45) is 0.215. The number of ether oxygens (including phenoxy) is 1. The predicted molar refractivity (Wildman–Crippen MR) is 123 cm³/mol. The molecule has 0 saturated heterocycles. The summed E-state index contributed by atoms with van der Waals surface area (Å²) >= 11 is 1.33. The maximum atomic E-state index is 13.4. The lowest BCUT2D eigenvalue weighted by molar-refractivity contribution is 0.0991. The van der Waals surface area contributed by atoms with E-state index in [0.717, 1.165) is 27.3 Å². The first kappa shape index (κ1) is 21.5. The minimum absolute atomic E-state index is 0.185. The van der Waals surface area contributed by atoms with Gasteiger partial charge in [0.25, 0.3) is 5.91 Å². The summed E-state index contributed by atoms with van der Waals surface area (Å²) in [6.45, 7) is 4.62. The molecule has 2 heterocycles. The zero-order valence-electron chi connectivity index (χ0n) is 17.7. The van der Waals surface area contributed by atoms with Crippen LogP contribution in [0.15, 0.2) is 54.6 Å². The lowest BCUT2D eigenvalue weighted by Gasteiger charge is -2.21. The van der Waals surface area contributed by atoms with Crippen LogP contribution in [0, 0.1) is 24.1 Å². The van der Waals surface area contributed by atoms with Gasteiger partial charge in [0.1, 0.15) is 16.4 Å². The van der Waals surface area contributed by atoms with Crippen LogP contribution < -0.4 is 9.64 Å². The van der Waals surface area contributed by atoms with Gasteiger partial charge in [0.05, 0.1) is 35.4 Å². The van der Waals surface area contributed by atoms with Crippen molar-refractivity contribution in [1.82, 2.24) is 9.78 Å². The van der Waals surface area contributed by atoms with Crippen molar-refractivity contribution in [3.63, 3.8) is 0 Å². The average Bonchev–Trinajstić information content (AvgIpc) is 3.36. The Balaban J connectivity index is 1.70. The van der Waals surface area contributed by atoms with Crippen molar-refractivity contribution in [1.29, 1.82) is 5.26 Å². The van der Waals surface area contributed by atoms with Crippen LogP contribution in [0.2, 0.25) is 0 Å². The second-order valence-electron chi connectivity index (χ2n) is 7.09. The molecule has 0 bridgehead atoms. The molecule has 2 aromatic heterocycles. The van der Waals surface area contributed by atoms with Crippen LogP contribution in [-0.2, 0) is 0 Å². The monoisotopic (exact) mass is 448 g/mol. The molecule has 0 saturated carbocycles. The Morgan fingerprint density at radius 3 is 2.59 bits per heavy atom. The Morgan fingerprint density at radius 2 is 1.94 bits per heavy atom. The third kappa shape index (κ3) is 4.20.